The molecule has 116 valence electrons. The first-order chi connectivity index (χ1) is 11.0. The summed E-state index contributed by atoms with van der Waals surface area (Å²) in [6.45, 7) is 3.80. The van der Waals surface area contributed by atoms with Gasteiger partial charge in [0.05, 0.1) is 10.9 Å². The van der Waals surface area contributed by atoms with Crippen LogP contribution < -0.4 is 10.7 Å². The van der Waals surface area contributed by atoms with Crippen LogP contribution in [0.2, 0.25) is 0 Å². The smallest absolute Gasteiger partial charge is 0.280 e. The van der Waals surface area contributed by atoms with Crippen LogP contribution in [-0.2, 0) is 7.05 Å². The number of nitrogens with one attached hydrogen (secondary N) is 1. The van der Waals surface area contributed by atoms with Gasteiger partial charge < -0.3 is 5.32 Å². The summed E-state index contributed by atoms with van der Waals surface area (Å²) in [6, 6.07) is 12.9. The van der Waals surface area contributed by atoms with Crippen LogP contribution in [0.4, 0.5) is 5.69 Å². The lowest BCUT2D eigenvalue weighted by atomic mass is 10.1. The Morgan fingerprint density at radius 2 is 1.87 bits per heavy atom. The minimum absolute atomic E-state index is 0.103. The van der Waals surface area contributed by atoms with E-state index in [9.17, 15) is 9.59 Å². The van der Waals surface area contributed by atoms with Crippen molar-refractivity contribution in [3.8, 4) is 0 Å². The Morgan fingerprint density at radius 1 is 1.13 bits per heavy atom. The molecule has 0 saturated carbocycles. The lowest BCUT2D eigenvalue weighted by molar-refractivity contribution is 0.101. The van der Waals surface area contributed by atoms with Gasteiger partial charge in [-0.1, -0.05) is 29.8 Å². The van der Waals surface area contributed by atoms with Crippen LogP contribution in [0.5, 0.6) is 0 Å². The maximum atomic E-state index is 12.6. The molecular formula is C18H17N3O2. The molecule has 3 rings (SSSR count). The lowest BCUT2D eigenvalue weighted by Gasteiger charge is -2.10. The van der Waals surface area contributed by atoms with Gasteiger partial charge in [-0.2, -0.15) is 5.10 Å². The number of carbonyl (C=O) groups excluding carboxylic acids is 1. The summed E-state index contributed by atoms with van der Waals surface area (Å²) in [4.78, 5) is 25.1. The van der Waals surface area contributed by atoms with E-state index >= 15 is 0 Å². The maximum Gasteiger partial charge on any atom is 0.280 e. The zero-order valence-electron chi connectivity index (χ0n) is 13.3. The van der Waals surface area contributed by atoms with Gasteiger partial charge in [0.15, 0.2) is 5.69 Å². The average molecular weight is 307 g/mol. The molecule has 1 aromatic heterocycles. The molecule has 5 heteroatoms. The van der Waals surface area contributed by atoms with Crippen LogP contribution in [0, 0.1) is 13.8 Å². The van der Waals surface area contributed by atoms with Gasteiger partial charge in [0.1, 0.15) is 0 Å². The Kier molecular flexibility index (Phi) is 3.70. The maximum absolute atomic E-state index is 12.6. The molecule has 0 fully saturated rings. The molecule has 2 aromatic carbocycles. The number of amides is 1. The van der Waals surface area contributed by atoms with E-state index in [-0.39, 0.29) is 11.1 Å². The highest BCUT2D eigenvalue weighted by atomic mass is 16.2. The molecular weight excluding hydrogens is 290 g/mol. The first-order valence-corrected chi connectivity index (χ1v) is 7.32. The molecule has 0 atom stereocenters. The Morgan fingerprint density at radius 3 is 2.61 bits per heavy atom. The molecule has 3 aromatic rings. The third kappa shape index (κ3) is 2.73. The second-order valence-electron chi connectivity index (χ2n) is 5.59. The molecule has 0 saturated heterocycles. The summed E-state index contributed by atoms with van der Waals surface area (Å²) in [5, 5.41) is 7.41. The fraction of sp³-hybridized carbons (Fsp3) is 0.167. The molecule has 0 radical (unpaired) electrons. The van der Waals surface area contributed by atoms with E-state index in [0.717, 1.165) is 11.1 Å². The molecule has 23 heavy (non-hydrogen) atoms. The molecule has 0 aliphatic heterocycles. The summed E-state index contributed by atoms with van der Waals surface area (Å²) in [7, 11) is 1.72. The minimum atomic E-state index is -0.497. The van der Waals surface area contributed by atoms with E-state index < -0.39 is 5.91 Å². The van der Waals surface area contributed by atoms with Gasteiger partial charge in [-0.3, -0.25) is 14.3 Å². The fourth-order valence-corrected chi connectivity index (χ4v) is 2.53. The van der Waals surface area contributed by atoms with E-state index in [1.807, 2.05) is 44.2 Å². The van der Waals surface area contributed by atoms with Gasteiger partial charge in [-0.05, 0) is 37.6 Å². The zero-order chi connectivity index (χ0) is 16.6. The second kappa shape index (κ2) is 5.68. The van der Waals surface area contributed by atoms with Gasteiger partial charge >= 0.3 is 0 Å². The first-order valence-electron chi connectivity index (χ1n) is 7.32. The van der Waals surface area contributed by atoms with Gasteiger partial charge in [0.25, 0.3) is 5.91 Å². The number of nitrogens with zero attached hydrogens (tertiary/aromatic N) is 2. The Balaban J connectivity index is 2.09. The number of hydrogen-bond donors (Lipinski definition) is 1. The van der Waals surface area contributed by atoms with Crippen molar-refractivity contribution in [3.05, 3.63) is 69.5 Å². The number of rotatable bonds is 2. The monoisotopic (exact) mass is 307 g/mol. The van der Waals surface area contributed by atoms with Gasteiger partial charge in [-0.15, -0.1) is 0 Å². The molecule has 0 spiro atoms. The van der Waals surface area contributed by atoms with Crippen molar-refractivity contribution in [2.24, 2.45) is 7.05 Å². The number of aromatic nitrogens is 2. The van der Waals surface area contributed by atoms with Crippen molar-refractivity contribution >= 4 is 22.5 Å². The van der Waals surface area contributed by atoms with Crippen molar-refractivity contribution in [2.45, 2.75) is 13.8 Å². The Hall–Kier alpha value is -2.95. The Labute approximate surface area is 133 Å². The summed E-state index contributed by atoms with van der Waals surface area (Å²) in [5.74, 6) is -0.497. The highest BCUT2D eigenvalue weighted by Crippen LogP contribution is 2.15. The van der Waals surface area contributed by atoms with Crippen LogP contribution >= 0.6 is 0 Å². The number of fused-ring (bicyclic) bond motifs is 1. The number of para-hydroxylation sites is 1. The minimum Gasteiger partial charge on any atom is -0.320 e. The summed E-state index contributed by atoms with van der Waals surface area (Å²) >= 11 is 0. The predicted octanol–water partition coefficient (Wildman–Crippen LogP) is 2.80. The third-order valence-electron chi connectivity index (χ3n) is 3.82. The van der Waals surface area contributed by atoms with Gasteiger partial charge in [-0.25, -0.2) is 0 Å². The Bertz CT molecular complexity index is 974. The topological polar surface area (TPSA) is 64.0 Å². The molecule has 0 bridgehead atoms. The predicted molar refractivity (Wildman–Crippen MR) is 90.9 cm³/mol. The quantitative estimate of drug-likeness (QED) is 0.792. The van der Waals surface area contributed by atoms with E-state index in [1.165, 1.54) is 0 Å². The largest absolute Gasteiger partial charge is 0.320 e. The van der Waals surface area contributed by atoms with Crippen LogP contribution in [0.1, 0.15) is 21.6 Å². The van der Waals surface area contributed by atoms with Gasteiger partial charge in [0.2, 0.25) is 5.43 Å². The average Bonchev–Trinajstić information content (AvgIpc) is 2.53. The SMILES string of the molecule is Cc1ccc2c(c1)c(=O)c(C(=O)Nc1ccccc1C)nn2C. The lowest BCUT2D eigenvalue weighted by Crippen LogP contribution is -2.26. The molecule has 1 amide bonds. The van der Waals surface area contributed by atoms with E-state index in [4.69, 9.17) is 0 Å². The van der Waals surface area contributed by atoms with Crippen molar-refractivity contribution < 1.29 is 4.79 Å². The summed E-state index contributed by atoms with van der Waals surface area (Å²) in [6.07, 6.45) is 0. The fourth-order valence-electron chi connectivity index (χ4n) is 2.53. The number of anilines is 1. The highest BCUT2D eigenvalue weighted by molar-refractivity contribution is 6.04. The number of carbonyl (C=O) groups is 1. The second-order valence-corrected chi connectivity index (χ2v) is 5.59. The molecule has 0 aliphatic carbocycles. The molecule has 5 nitrogen and oxygen atoms in total. The van der Waals surface area contributed by atoms with Crippen LogP contribution in [-0.4, -0.2) is 15.7 Å². The van der Waals surface area contributed by atoms with E-state index in [1.54, 1.807) is 23.9 Å². The molecule has 0 aliphatic rings. The van der Waals surface area contributed by atoms with E-state index in [2.05, 4.69) is 10.4 Å². The van der Waals surface area contributed by atoms with Crippen LogP contribution in [0.3, 0.4) is 0 Å². The number of aryl methyl sites for hydroxylation is 3. The normalized spacial score (nSPS) is 10.7. The van der Waals surface area contributed by atoms with Crippen molar-refractivity contribution in [1.82, 2.24) is 9.78 Å². The van der Waals surface area contributed by atoms with Crippen molar-refractivity contribution in [1.29, 1.82) is 0 Å². The zero-order valence-corrected chi connectivity index (χ0v) is 13.3. The highest BCUT2D eigenvalue weighted by Gasteiger charge is 2.17. The molecule has 1 heterocycles. The third-order valence-corrected chi connectivity index (χ3v) is 3.82. The van der Waals surface area contributed by atoms with Crippen molar-refractivity contribution in [2.75, 3.05) is 5.32 Å². The van der Waals surface area contributed by atoms with Crippen molar-refractivity contribution in [3.63, 3.8) is 0 Å². The van der Waals surface area contributed by atoms with Gasteiger partial charge in [0, 0.05) is 12.7 Å². The first kappa shape index (κ1) is 15.0. The standard InChI is InChI=1S/C18H17N3O2/c1-11-8-9-15-13(10-11)17(22)16(20-21(15)3)18(23)19-14-7-5-4-6-12(14)2/h4-10H,1-3H3,(H,19,23). The molecule has 0 unspecified atom stereocenters. The number of hydrogen-bond acceptors (Lipinski definition) is 3. The molecule has 1 N–H and O–H groups in total. The number of benzene rings is 2. The van der Waals surface area contributed by atoms with Crippen LogP contribution in [0.25, 0.3) is 10.9 Å². The summed E-state index contributed by atoms with van der Waals surface area (Å²) < 4.78 is 1.56. The van der Waals surface area contributed by atoms with Crippen LogP contribution in [0.15, 0.2) is 47.3 Å². The van der Waals surface area contributed by atoms with E-state index in [0.29, 0.717) is 16.6 Å². The summed E-state index contributed by atoms with van der Waals surface area (Å²) in [5.41, 5.74) is 2.81.